The zero-order valence-electron chi connectivity index (χ0n) is 21.4. The summed E-state index contributed by atoms with van der Waals surface area (Å²) in [6.45, 7) is 4.21. The minimum Gasteiger partial charge on any atom is -0.388 e. The van der Waals surface area contributed by atoms with Gasteiger partial charge >= 0.3 is 12.4 Å². The molecule has 0 unspecified atom stereocenters. The molecule has 0 N–H and O–H groups in total. The van der Waals surface area contributed by atoms with Gasteiger partial charge in [-0.1, -0.05) is 105 Å². The molecule has 8 heteroatoms. The SMILES string of the molecule is CC.CC(C)(C(F)(F)F)C(F)(F)F.COC.N#Cc1ccccc1.c1ccccc1.c1ccccc1. The Balaban J connectivity index is -0.000000388. The molecule has 0 bridgehead atoms. The number of ether oxygens (including phenoxy) is 1. The Morgan fingerprint density at radius 2 is 0.750 bits per heavy atom. The summed E-state index contributed by atoms with van der Waals surface area (Å²) >= 11 is 0. The van der Waals surface area contributed by atoms with Gasteiger partial charge in [-0.15, -0.1) is 0 Å². The maximum atomic E-state index is 11.6. The van der Waals surface area contributed by atoms with Crippen LogP contribution in [0.25, 0.3) is 0 Å². The molecule has 0 aliphatic heterocycles. The second kappa shape index (κ2) is 22.2. The molecule has 36 heavy (non-hydrogen) atoms. The first-order chi connectivity index (χ1) is 16.8. The Morgan fingerprint density at radius 1 is 0.556 bits per heavy atom. The Kier molecular flexibility index (Phi) is 22.9. The average Bonchev–Trinajstić information content (AvgIpc) is 2.88. The molecule has 2 nitrogen and oxygen atoms in total. The molecule has 0 radical (unpaired) electrons. The first-order valence-electron chi connectivity index (χ1n) is 10.8. The molecule has 0 saturated heterocycles. The molecule has 0 aliphatic carbocycles. The van der Waals surface area contributed by atoms with Crippen molar-refractivity contribution in [2.45, 2.75) is 40.0 Å². The molecule has 3 aromatic carbocycles. The molecular formula is C28H35F6NO. The second-order valence-electron chi connectivity index (χ2n) is 6.82. The van der Waals surface area contributed by atoms with Gasteiger partial charge in [0, 0.05) is 14.2 Å². The molecule has 0 heterocycles. The van der Waals surface area contributed by atoms with Gasteiger partial charge in [0.2, 0.25) is 0 Å². The van der Waals surface area contributed by atoms with E-state index < -0.39 is 17.8 Å². The van der Waals surface area contributed by atoms with Crippen LogP contribution in [-0.4, -0.2) is 26.6 Å². The Bertz CT molecular complexity index is 759. The number of rotatable bonds is 0. The lowest BCUT2D eigenvalue weighted by Gasteiger charge is -2.29. The summed E-state index contributed by atoms with van der Waals surface area (Å²) in [5.74, 6) is 0. The van der Waals surface area contributed by atoms with Crippen LogP contribution in [0.15, 0.2) is 103 Å². The number of alkyl halides is 6. The molecule has 0 aromatic heterocycles. The molecule has 3 rings (SSSR count). The van der Waals surface area contributed by atoms with Crippen molar-refractivity contribution in [1.82, 2.24) is 0 Å². The predicted molar refractivity (Wildman–Crippen MR) is 134 cm³/mol. The predicted octanol–water partition coefficient (Wildman–Crippen LogP) is 9.36. The summed E-state index contributed by atoms with van der Waals surface area (Å²) in [5.41, 5.74) is -2.91. The number of halogens is 6. The van der Waals surface area contributed by atoms with Gasteiger partial charge in [-0.2, -0.15) is 31.6 Å². The van der Waals surface area contributed by atoms with Crippen LogP contribution in [0.3, 0.4) is 0 Å². The lowest BCUT2D eigenvalue weighted by molar-refractivity contribution is -0.327. The van der Waals surface area contributed by atoms with Gasteiger partial charge in [-0.3, -0.25) is 0 Å². The van der Waals surface area contributed by atoms with Crippen molar-refractivity contribution in [3.8, 4) is 6.07 Å². The molecule has 0 atom stereocenters. The third-order valence-electron chi connectivity index (χ3n) is 3.65. The van der Waals surface area contributed by atoms with E-state index in [1.807, 2.05) is 111 Å². The van der Waals surface area contributed by atoms with E-state index in [9.17, 15) is 26.3 Å². The van der Waals surface area contributed by atoms with Crippen molar-refractivity contribution >= 4 is 0 Å². The van der Waals surface area contributed by atoms with Gasteiger partial charge in [0.05, 0.1) is 11.6 Å². The van der Waals surface area contributed by atoms with Gasteiger partial charge in [-0.25, -0.2) is 0 Å². The molecule has 0 saturated carbocycles. The summed E-state index contributed by atoms with van der Waals surface area (Å²) in [6, 6.07) is 35.2. The third kappa shape index (κ3) is 20.1. The average molecular weight is 516 g/mol. The van der Waals surface area contributed by atoms with E-state index in [1.54, 1.807) is 26.4 Å². The van der Waals surface area contributed by atoms with E-state index in [4.69, 9.17) is 5.26 Å². The highest BCUT2D eigenvalue weighted by Crippen LogP contribution is 2.49. The van der Waals surface area contributed by atoms with Crippen LogP contribution in [0.5, 0.6) is 0 Å². The number of hydrogen-bond acceptors (Lipinski definition) is 2. The molecule has 3 aromatic rings. The number of nitriles is 1. The number of methoxy groups -OCH3 is 1. The fourth-order valence-electron chi connectivity index (χ4n) is 1.44. The summed E-state index contributed by atoms with van der Waals surface area (Å²) in [7, 11) is 3.25. The Hall–Kier alpha value is -3.31. The number of hydrogen-bond donors (Lipinski definition) is 0. The van der Waals surface area contributed by atoms with E-state index in [0.717, 1.165) is 0 Å². The maximum absolute atomic E-state index is 11.6. The van der Waals surface area contributed by atoms with E-state index in [2.05, 4.69) is 4.74 Å². The first kappa shape index (κ1) is 37.2. The van der Waals surface area contributed by atoms with Gasteiger partial charge in [0.1, 0.15) is 0 Å². The largest absolute Gasteiger partial charge is 0.402 e. The van der Waals surface area contributed by atoms with Gasteiger partial charge in [0.15, 0.2) is 5.41 Å². The van der Waals surface area contributed by atoms with E-state index >= 15 is 0 Å². The topological polar surface area (TPSA) is 33.0 Å². The highest BCUT2D eigenvalue weighted by Gasteiger charge is 2.64. The van der Waals surface area contributed by atoms with Gasteiger partial charge in [0.25, 0.3) is 0 Å². The Labute approximate surface area is 211 Å². The smallest absolute Gasteiger partial charge is 0.388 e. The van der Waals surface area contributed by atoms with E-state index in [-0.39, 0.29) is 13.8 Å². The highest BCUT2D eigenvalue weighted by molar-refractivity contribution is 5.27. The van der Waals surface area contributed by atoms with Crippen molar-refractivity contribution in [1.29, 1.82) is 5.26 Å². The minimum atomic E-state index is -5.24. The van der Waals surface area contributed by atoms with Crippen LogP contribution >= 0.6 is 0 Å². The second-order valence-corrected chi connectivity index (χ2v) is 6.82. The fourth-order valence-corrected chi connectivity index (χ4v) is 1.44. The molecule has 0 amide bonds. The number of nitrogens with zero attached hydrogens (tertiary/aromatic N) is 1. The highest BCUT2D eigenvalue weighted by atomic mass is 19.4. The van der Waals surface area contributed by atoms with Gasteiger partial charge < -0.3 is 4.74 Å². The zero-order valence-corrected chi connectivity index (χ0v) is 21.4. The van der Waals surface area contributed by atoms with Gasteiger partial charge in [-0.05, 0) is 26.0 Å². The van der Waals surface area contributed by atoms with E-state index in [1.165, 1.54) is 0 Å². The summed E-state index contributed by atoms with van der Waals surface area (Å²) in [5, 5.41) is 8.29. The first-order valence-corrected chi connectivity index (χ1v) is 10.8. The fraction of sp³-hybridized carbons (Fsp3) is 0.321. The lowest BCUT2D eigenvalue weighted by atomic mass is 9.92. The van der Waals surface area contributed by atoms with Crippen LogP contribution in [0.1, 0.15) is 33.3 Å². The monoisotopic (exact) mass is 515 g/mol. The van der Waals surface area contributed by atoms with Crippen LogP contribution in [-0.2, 0) is 4.74 Å². The molecule has 0 spiro atoms. The molecule has 0 fully saturated rings. The third-order valence-corrected chi connectivity index (χ3v) is 3.65. The van der Waals surface area contributed by atoms with E-state index in [0.29, 0.717) is 5.56 Å². The standard InChI is InChI=1S/C7H5N.2C6H6.C5H6F6.C2H6O.C2H6/c8-6-7-4-2-1-3-5-7;2*1-2-4-6-5-3-1;1-3(2,4(6,7)8)5(9,10)11;1-3-2;1-2/h1-5H;2*1-6H;1-2H3;1-2H3;1-2H3. The summed E-state index contributed by atoms with van der Waals surface area (Å²) in [4.78, 5) is 0. The minimum absolute atomic E-state index is 0.104. The van der Waals surface area contributed by atoms with Crippen LogP contribution in [0.4, 0.5) is 26.3 Å². The Morgan fingerprint density at radius 3 is 0.861 bits per heavy atom. The number of benzene rings is 3. The van der Waals surface area contributed by atoms with Crippen molar-refractivity contribution in [2.24, 2.45) is 5.41 Å². The summed E-state index contributed by atoms with van der Waals surface area (Å²) < 4.78 is 73.9. The lowest BCUT2D eigenvalue weighted by Crippen LogP contribution is -2.44. The van der Waals surface area contributed by atoms with Crippen LogP contribution < -0.4 is 0 Å². The van der Waals surface area contributed by atoms with Crippen molar-refractivity contribution < 1.29 is 31.1 Å². The van der Waals surface area contributed by atoms with Crippen molar-refractivity contribution in [2.75, 3.05) is 14.2 Å². The van der Waals surface area contributed by atoms with Crippen LogP contribution in [0.2, 0.25) is 0 Å². The summed E-state index contributed by atoms with van der Waals surface area (Å²) in [6.07, 6.45) is -10.5. The zero-order chi connectivity index (χ0) is 28.5. The van der Waals surface area contributed by atoms with Crippen molar-refractivity contribution in [3.63, 3.8) is 0 Å². The molecular weight excluding hydrogens is 480 g/mol. The van der Waals surface area contributed by atoms with Crippen LogP contribution in [0, 0.1) is 16.7 Å². The molecule has 0 aliphatic rings. The normalized spacial score (nSPS) is 9.75. The molecule has 200 valence electrons. The van der Waals surface area contributed by atoms with Crippen molar-refractivity contribution in [3.05, 3.63) is 109 Å². The maximum Gasteiger partial charge on any atom is 0.402 e. The quantitative estimate of drug-likeness (QED) is 0.280.